The van der Waals surface area contributed by atoms with Crippen molar-refractivity contribution in [3.05, 3.63) is 65.4 Å². The number of aromatic nitrogens is 3. The van der Waals surface area contributed by atoms with Gasteiger partial charge >= 0.3 is 0 Å². The Morgan fingerprint density at radius 3 is 2.77 bits per heavy atom. The largest absolute Gasteiger partial charge is 0.440 e. The monoisotopic (exact) mass is 288 g/mol. The summed E-state index contributed by atoms with van der Waals surface area (Å²) in [5.41, 5.74) is 3.14. The zero-order valence-corrected chi connectivity index (χ0v) is 11.7. The predicted octanol–water partition coefficient (Wildman–Crippen LogP) is 2.89. The summed E-state index contributed by atoms with van der Waals surface area (Å²) in [7, 11) is 0. The van der Waals surface area contributed by atoms with E-state index in [9.17, 15) is 5.26 Å². The van der Waals surface area contributed by atoms with Gasteiger partial charge in [-0.25, -0.2) is 4.98 Å². The van der Waals surface area contributed by atoms with Crippen molar-refractivity contribution in [2.45, 2.75) is 18.8 Å². The Morgan fingerprint density at radius 1 is 1.09 bits per heavy atom. The van der Waals surface area contributed by atoms with Gasteiger partial charge in [-0.2, -0.15) is 5.26 Å². The first-order valence-corrected chi connectivity index (χ1v) is 7.10. The topological polar surface area (TPSA) is 75.6 Å². The van der Waals surface area contributed by atoms with Gasteiger partial charge in [0.05, 0.1) is 17.0 Å². The molecule has 1 unspecified atom stereocenters. The lowest BCUT2D eigenvalue weighted by Gasteiger charge is -2.09. The van der Waals surface area contributed by atoms with Gasteiger partial charge in [0.15, 0.2) is 0 Å². The van der Waals surface area contributed by atoms with Gasteiger partial charge in [-0.1, -0.05) is 6.07 Å². The van der Waals surface area contributed by atoms with E-state index >= 15 is 0 Å². The lowest BCUT2D eigenvalue weighted by Crippen LogP contribution is -2.04. The van der Waals surface area contributed by atoms with Gasteiger partial charge in [0.1, 0.15) is 17.5 Å². The van der Waals surface area contributed by atoms with Crippen LogP contribution in [0.15, 0.2) is 47.1 Å². The molecule has 1 aliphatic rings. The average Bonchev–Trinajstić information content (AvgIpc) is 3.14. The maximum absolute atomic E-state index is 9.20. The molecule has 22 heavy (non-hydrogen) atoms. The van der Waals surface area contributed by atoms with Crippen LogP contribution >= 0.6 is 0 Å². The minimum absolute atomic E-state index is 0.162. The predicted molar refractivity (Wildman–Crippen MR) is 78.8 cm³/mol. The van der Waals surface area contributed by atoms with Gasteiger partial charge in [0.25, 0.3) is 0 Å². The number of nitrogens with zero attached hydrogens (tertiary/aromatic N) is 4. The van der Waals surface area contributed by atoms with Crippen LogP contribution in [0, 0.1) is 11.3 Å². The Balaban J connectivity index is 1.63. The van der Waals surface area contributed by atoms with Crippen molar-refractivity contribution in [3.63, 3.8) is 0 Å². The molecule has 0 saturated heterocycles. The van der Waals surface area contributed by atoms with E-state index in [1.54, 1.807) is 24.5 Å². The summed E-state index contributed by atoms with van der Waals surface area (Å²) in [6.45, 7) is 0. The quantitative estimate of drug-likeness (QED) is 0.724. The normalized spacial score (nSPS) is 16.2. The van der Waals surface area contributed by atoms with Crippen molar-refractivity contribution in [1.29, 1.82) is 5.26 Å². The van der Waals surface area contributed by atoms with Crippen LogP contribution in [0.25, 0.3) is 11.6 Å². The number of oxazole rings is 1. The smallest absolute Gasteiger partial charge is 0.245 e. The molecule has 0 aromatic carbocycles. The summed E-state index contributed by atoms with van der Waals surface area (Å²) in [4.78, 5) is 13.2. The van der Waals surface area contributed by atoms with Crippen molar-refractivity contribution >= 4 is 0 Å². The van der Waals surface area contributed by atoms with Crippen LogP contribution in [0.5, 0.6) is 0 Å². The Bertz CT molecular complexity index is 840. The second-order valence-electron chi connectivity index (χ2n) is 5.26. The molecule has 0 bridgehead atoms. The molecule has 3 aromatic heterocycles. The Morgan fingerprint density at radius 2 is 2.00 bits per heavy atom. The van der Waals surface area contributed by atoms with Crippen LogP contribution < -0.4 is 0 Å². The minimum atomic E-state index is 0.162. The van der Waals surface area contributed by atoms with Gasteiger partial charge in [0, 0.05) is 31.2 Å². The number of rotatable bonds is 2. The van der Waals surface area contributed by atoms with Crippen molar-refractivity contribution in [2.24, 2.45) is 0 Å². The molecule has 0 amide bonds. The summed E-state index contributed by atoms with van der Waals surface area (Å²) >= 11 is 0. The van der Waals surface area contributed by atoms with Gasteiger partial charge in [-0.05, 0) is 24.3 Å². The molecule has 0 N–H and O–H groups in total. The molecular formula is C17H12N4O. The number of pyridine rings is 2. The highest BCUT2D eigenvalue weighted by molar-refractivity contribution is 5.48. The highest BCUT2D eigenvalue weighted by Gasteiger charge is 2.31. The maximum atomic E-state index is 9.20. The Hall–Kier alpha value is -3.00. The molecule has 0 aliphatic heterocycles. The van der Waals surface area contributed by atoms with Gasteiger partial charge in [0.2, 0.25) is 5.89 Å². The second-order valence-corrected chi connectivity index (χ2v) is 5.26. The fourth-order valence-corrected chi connectivity index (χ4v) is 2.86. The van der Waals surface area contributed by atoms with E-state index in [4.69, 9.17) is 4.42 Å². The molecule has 3 heterocycles. The average molecular weight is 288 g/mol. The molecule has 1 atom stereocenters. The van der Waals surface area contributed by atoms with E-state index in [1.807, 2.05) is 18.2 Å². The standard InChI is InChI=1S/C17H12N4O/c18-10-11-4-3-7-20-16(11)12-8-14-15(9-12)22-17(21-14)13-5-1-2-6-19-13/h1-7,12H,8-9H2. The Labute approximate surface area is 127 Å². The van der Waals surface area contributed by atoms with E-state index in [-0.39, 0.29) is 5.92 Å². The summed E-state index contributed by atoms with van der Waals surface area (Å²) in [5.74, 6) is 1.60. The number of fused-ring (bicyclic) bond motifs is 1. The lowest BCUT2D eigenvalue weighted by molar-refractivity contribution is 0.507. The van der Waals surface area contributed by atoms with Crippen molar-refractivity contribution in [3.8, 4) is 17.7 Å². The third kappa shape index (κ3) is 2.06. The van der Waals surface area contributed by atoms with E-state index in [2.05, 4.69) is 21.0 Å². The van der Waals surface area contributed by atoms with Gasteiger partial charge in [-0.15, -0.1) is 0 Å². The third-order valence-corrected chi connectivity index (χ3v) is 3.88. The molecule has 0 spiro atoms. The highest BCUT2D eigenvalue weighted by atomic mass is 16.4. The second kappa shape index (κ2) is 5.08. The van der Waals surface area contributed by atoms with Crippen LogP contribution in [0.2, 0.25) is 0 Å². The molecule has 3 aromatic rings. The summed E-state index contributed by atoms with van der Waals surface area (Å²) in [6.07, 6.45) is 4.92. The van der Waals surface area contributed by atoms with Crippen LogP contribution in [-0.4, -0.2) is 15.0 Å². The third-order valence-electron chi connectivity index (χ3n) is 3.88. The molecule has 106 valence electrons. The van der Waals surface area contributed by atoms with Crippen LogP contribution in [0.4, 0.5) is 0 Å². The number of hydrogen-bond donors (Lipinski definition) is 0. The maximum Gasteiger partial charge on any atom is 0.245 e. The zero-order valence-electron chi connectivity index (χ0n) is 11.7. The molecule has 0 fully saturated rings. The fraction of sp³-hybridized carbons (Fsp3) is 0.176. The first-order valence-electron chi connectivity index (χ1n) is 7.10. The zero-order chi connectivity index (χ0) is 14.9. The van der Waals surface area contributed by atoms with Crippen LogP contribution in [0.3, 0.4) is 0 Å². The Kier molecular flexibility index (Phi) is 2.94. The van der Waals surface area contributed by atoms with Gasteiger partial charge in [-0.3, -0.25) is 9.97 Å². The van der Waals surface area contributed by atoms with Gasteiger partial charge < -0.3 is 4.42 Å². The molecule has 0 saturated carbocycles. The highest BCUT2D eigenvalue weighted by Crippen LogP contribution is 2.36. The molecular weight excluding hydrogens is 276 g/mol. The molecule has 0 radical (unpaired) electrons. The van der Waals surface area contributed by atoms with Crippen LogP contribution in [-0.2, 0) is 12.8 Å². The van der Waals surface area contributed by atoms with Crippen molar-refractivity contribution < 1.29 is 4.42 Å². The van der Waals surface area contributed by atoms with Crippen molar-refractivity contribution in [1.82, 2.24) is 15.0 Å². The van der Waals surface area contributed by atoms with E-state index in [0.717, 1.165) is 35.7 Å². The minimum Gasteiger partial charge on any atom is -0.440 e. The molecule has 5 nitrogen and oxygen atoms in total. The molecule has 5 heteroatoms. The van der Waals surface area contributed by atoms with E-state index < -0.39 is 0 Å². The number of hydrogen-bond acceptors (Lipinski definition) is 5. The first kappa shape index (κ1) is 12.7. The van der Waals surface area contributed by atoms with Crippen molar-refractivity contribution in [2.75, 3.05) is 0 Å². The van der Waals surface area contributed by atoms with Crippen LogP contribution in [0.1, 0.15) is 28.6 Å². The summed E-state index contributed by atoms with van der Waals surface area (Å²) in [6, 6.07) is 11.4. The molecule has 4 rings (SSSR count). The molecule has 1 aliphatic carbocycles. The lowest BCUT2D eigenvalue weighted by atomic mass is 9.98. The first-order chi connectivity index (χ1) is 10.8. The SMILES string of the molecule is N#Cc1cccnc1C1Cc2nc(-c3ccccn3)oc2C1. The van der Waals surface area contributed by atoms with E-state index in [1.165, 1.54) is 0 Å². The fourth-order valence-electron chi connectivity index (χ4n) is 2.86. The number of nitriles is 1. The summed E-state index contributed by atoms with van der Waals surface area (Å²) < 4.78 is 5.85. The van der Waals surface area contributed by atoms with E-state index in [0.29, 0.717) is 11.5 Å². The summed E-state index contributed by atoms with van der Waals surface area (Å²) in [5, 5.41) is 9.20.